The predicted molar refractivity (Wildman–Crippen MR) is 106 cm³/mol. The highest BCUT2D eigenvalue weighted by atomic mass is 16.5. The Morgan fingerprint density at radius 3 is 1.65 bits per heavy atom. The largest absolute Gasteiger partial charge is 0.481 e. The maximum absolute atomic E-state index is 11.5. The molecule has 0 amide bonds. The third-order valence-corrected chi connectivity index (χ3v) is 4.71. The van der Waals surface area contributed by atoms with Gasteiger partial charge in [-0.05, 0) is 12.8 Å². The molecule has 0 saturated carbocycles. The number of ether oxygens (including phenoxy) is 1. The van der Waals surface area contributed by atoms with Gasteiger partial charge in [-0.1, -0.05) is 90.4 Å². The molecular formula is C21H41NO4. The van der Waals surface area contributed by atoms with Crippen LogP contribution in [0.5, 0.6) is 0 Å². The second kappa shape index (κ2) is 18.7. The van der Waals surface area contributed by atoms with Crippen molar-refractivity contribution in [3.05, 3.63) is 0 Å². The summed E-state index contributed by atoms with van der Waals surface area (Å²) in [5.74, 6) is -1.43. The van der Waals surface area contributed by atoms with Gasteiger partial charge in [0.25, 0.3) is 0 Å². The Kier molecular flexibility index (Phi) is 17.9. The van der Waals surface area contributed by atoms with Crippen LogP contribution in [0, 0.1) is 0 Å². The van der Waals surface area contributed by atoms with E-state index >= 15 is 0 Å². The zero-order chi connectivity index (χ0) is 19.5. The van der Waals surface area contributed by atoms with Crippen LogP contribution < -0.4 is 5.73 Å². The van der Waals surface area contributed by atoms with Crippen molar-refractivity contribution in [3.63, 3.8) is 0 Å². The first-order valence-electron chi connectivity index (χ1n) is 10.7. The van der Waals surface area contributed by atoms with Crippen LogP contribution in [-0.2, 0) is 14.3 Å². The summed E-state index contributed by atoms with van der Waals surface area (Å²) in [5, 5.41) is 8.55. The van der Waals surface area contributed by atoms with E-state index in [1.807, 2.05) is 0 Å². The molecule has 0 heterocycles. The molecule has 1 unspecified atom stereocenters. The molecule has 3 N–H and O–H groups in total. The molecule has 0 radical (unpaired) electrons. The van der Waals surface area contributed by atoms with Gasteiger partial charge in [-0.2, -0.15) is 0 Å². The fourth-order valence-corrected chi connectivity index (χ4v) is 2.97. The van der Waals surface area contributed by atoms with E-state index in [4.69, 9.17) is 15.6 Å². The van der Waals surface area contributed by atoms with Gasteiger partial charge in [0.15, 0.2) is 0 Å². The summed E-state index contributed by atoms with van der Waals surface area (Å²) in [5.41, 5.74) is 5.59. The summed E-state index contributed by atoms with van der Waals surface area (Å²) in [6, 6.07) is -0.822. The molecule has 0 fully saturated rings. The average Bonchev–Trinajstić information content (AvgIpc) is 2.62. The van der Waals surface area contributed by atoms with Gasteiger partial charge >= 0.3 is 11.9 Å². The van der Waals surface area contributed by atoms with Gasteiger partial charge in [0.05, 0.1) is 6.61 Å². The van der Waals surface area contributed by atoms with Crippen LogP contribution in [0.15, 0.2) is 0 Å². The van der Waals surface area contributed by atoms with Gasteiger partial charge < -0.3 is 15.6 Å². The monoisotopic (exact) mass is 371 g/mol. The number of carboxylic acids is 1. The molecule has 0 aliphatic rings. The number of carbonyl (C=O) groups excluding carboxylic acids is 1. The maximum Gasteiger partial charge on any atom is 0.322 e. The lowest BCUT2D eigenvalue weighted by Crippen LogP contribution is -2.33. The minimum atomic E-state index is -0.944. The highest BCUT2D eigenvalue weighted by Gasteiger charge is 2.15. The zero-order valence-corrected chi connectivity index (χ0v) is 16.8. The summed E-state index contributed by atoms with van der Waals surface area (Å²) < 4.78 is 5.09. The molecule has 0 spiro atoms. The van der Waals surface area contributed by atoms with Crippen LogP contribution in [0.2, 0.25) is 0 Å². The molecule has 1 atom stereocenters. The van der Waals surface area contributed by atoms with Crippen LogP contribution in [0.25, 0.3) is 0 Å². The first kappa shape index (κ1) is 24.9. The Hall–Kier alpha value is -1.10. The number of carboxylic acid groups (broad SMARTS) is 1. The summed E-state index contributed by atoms with van der Waals surface area (Å²) >= 11 is 0. The van der Waals surface area contributed by atoms with Crippen molar-refractivity contribution in [2.24, 2.45) is 5.73 Å². The van der Waals surface area contributed by atoms with Gasteiger partial charge in [0, 0.05) is 6.42 Å². The van der Waals surface area contributed by atoms with Gasteiger partial charge in [0.1, 0.15) is 6.04 Å². The minimum absolute atomic E-state index is 0.102. The highest BCUT2D eigenvalue weighted by Crippen LogP contribution is 2.13. The first-order valence-corrected chi connectivity index (χ1v) is 10.7. The molecule has 5 nitrogen and oxygen atoms in total. The number of hydrogen-bond acceptors (Lipinski definition) is 4. The Morgan fingerprint density at radius 1 is 0.808 bits per heavy atom. The summed E-state index contributed by atoms with van der Waals surface area (Å²) in [6.45, 7) is 2.64. The molecule has 0 aliphatic carbocycles. The molecule has 0 aromatic heterocycles. The Balaban J connectivity index is 3.24. The van der Waals surface area contributed by atoms with E-state index in [1.54, 1.807) is 0 Å². The third-order valence-electron chi connectivity index (χ3n) is 4.71. The number of aliphatic carboxylic acids is 1. The molecule has 0 rings (SSSR count). The molecular weight excluding hydrogens is 330 g/mol. The van der Waals surface area contributed by atoms with Gasteiger partial charge in [-0.15, -0.1) is 0 Å². The Labute approximate surface area is 160 Å². The van der Waals surface area contributed by atoms with E-state index in [2.05, 4.69) is 6.92 Å². The smallest absolute Gasteiger partial charge is 0.322 e. The van der Waals surface area contributed by atoms with Crippen molar-refractivity contribution >= 4 is 11.9 Å². The number of unbranched alkanes of at least 4 members (excludes halogenated alkanes) is 13. The lowest BCUT2D eigenvalue weighted by atomic mass is 10.0. The van der Waals surface area contributed by atoms with E-state index in [0.717, 1.165) is 12.8 Å². The first-order chi connectivity index (χ1) is 12.6. The topological polar surface area (TPSA) is 89.6 Å². The van der Waals surface area contributed by atoms with E-state index in [0.29, 0.717) is 6.61 Å². The fraction of sp³-hybridized carbons (Fsp3) is 0.905. The zero-order valence-electron chi connectivity index (χ0n) is 16.8. The third kappa shape index (κ3) is 17.7. The van der Waals surface area contributed by atoms with Gasteiger partial charge in [-0.25, -0.2) is 0 Å². The maximum atomic E-state index is 11.5. The van der Waals surface area contributed by atoms with Crippen molar-refractivity contribution in [2.45, 2.75) is 116 Å². The number of esters is 1. The van der Waals surface area contributed by atoms with E-state index in [-0.39, 0.29) is 12.8 Å². The molecule has 26 heavy (non-hydrogen) atoms. The lowest BCUT2D eigenvalue weighted by Gasteiger charge is -2.10. The van der Waals surface area contributed by atoms with Crippen LogP contribution in [0.3, 0.4) is 0 Å². The van der Waals surface area contributed by atoms with Crippen molar-refractivity contribution < 1.29 is 19.4 Å². The SMILES string of the molecule is CCCCCCCCCCCCCCCCOC(=O)C(N)CCC(=O)O. The van der Waals surface area contributed by atoms with Crippen LogP contribution in [0.4, 0.5) is 0 Å². The number of carbonyl (C=O) groups is 2. The van der Waals surface area contributed by atoms with E-state index in [1.165, 1.54) is 77.0 Å². The molecule has 0 aliphatic heterocycles. The molecule has 0 aromatic carbocycles. The van der Waals surface area contributed by atoms with Crippen molar-refractivity contribution in [3.8, 4) is 0 Å². The number of nitrogens with two attached hydrogens (primary N) is 1. The van der Waals surface area contributed by atoms with Crippen molar-refractivity contribution in [1.82, 2.24) is 0 Å². The highest BCUT2D eigenvalue weighted by molar-refractivity contribution is 5.76. The van der Waals surface area contributed by atoms with Crippen LogP contribution >= 0.6 is 0 Å². The van der Waals surface area contributed by atoms with Crippen molar-refractivity contribution in [1.29, 1.82) is 0 Å². The predicted octanol–water partition coefficient (Wildman–Crippen LogP) is 5.20. The second-order valence-electron chi connectivity index (χ2n) is 7.30. The van der Waals surface area contributed by atoms with Crippen molar-refractivity contribution in [2.75, 3.05) is 6.61 Å². The Morgan fingerprint density at radius 2 is 1.23 bits per heavy atom. The number of rotatable bonds is 19. The quantitative estimate of drug-likeness (QED) is 0.240. The fourth-order valence-electron chi connectivity index (χ4n) is 2.97. The second-order valence-corrected chi connectivity index (χ2v) is 7.30. The molecule has 154 valence electrons. The summed E-state index contributed by atoms with van der Waals surface area (Å²) in [4.78, 5) is 22.0. The number of hydrogen-bond donors (Lipinski definition) is 2. The van der Waals surface area contributed by atoms with Crippen LogP contribution in [-0.4, -0.2) is 29.7 Å². The van der Waals surface area contributed by atoms with Crippen LogP contribution in [0.1, 0.15) is 110 Å². The average molecular weight is 372 g/mol. The normalized spacial score (nSPS) is 12.1. The molecule has 0 saturated heterocycles. The van der Waals surface area contributed by atoms with Gasteiger partial charge in [0.2, 0.25) is 0 Å². The standard InChI is InChI=1S/C21H41NO4/c1-2-3-4-5-6-7-8-9-10-11-12-13-14-15-18-26-21(25)19(22)16-17-20(23)24/h19H,2-18,22H2,1H3,(H,23,24). The lowest BCUT2D eigenvalue weighted by molar-refractivity contribution is -0.145. The van der Waals surface area contributed by atoms with Gasteiger partial charge in [-0.3, -0.25) is 9.59 Å². The summed E-state index contributed by atoms with van der Waals surface area (Å²) in [6.07, 6.45) is 18.1. The molecule has 0 aromatic rings. The minimum Gasteiger partial charge on any atom is -0.481 e. The molecule has 5 heteroatoms. The van der Waals surface area contributed by atoms with E-state index < -0.39 is 18.0 Å². The summed E-state index contributed by atoms with van der Waals surface area (Å²) in [7, 11) is 0. The molecule has 0 bridgehead atoms. The van der Waals surface area contributed by atoms with E-state index in [9.17, 15) is 9.59 Å². The Bertz CT molecular complexity index is 347.